The van der Waals surface area contributed by atoms with Crippen LogP contribution in [0.1, 0.15) is 11.1 Å². The fourth-order valence-corrected chi connectivity index (χ4v) is 4.58. The molecule has 1 saturated heterocycles. The second kappa shape index (κ2) is 7.94. The van der Waals surface area contributed by atoms with E-state index >= 15 is 0 Å². The third-order valence-corrected chi connectivity index (χ3v) is 5.86. The van der Waals surface area contributed by atoms with E-state index in [1.54, 1.807) is 0 Å². The second-order valence-electron chi connectivity index (χ2n) is 6.19. The second-order valence-corrected chi connectivity index (χ2v) is 8.63. The van der Waals surface area contributed by atoms with Gasteiger partial charge in [-0.05, 0) is 70.4 Å². The highest BCUT2D eigenvalue weighted by atomic mass is 79.9. The zero-order valence-corrected chi connectivity index (χ0v) is 17.8. The molecule has 4 nitrogen and oxygen atoms in total. The Bertz CT molecular complexity index is 885. The molecule has 26 heavy (non-hydrogen) atoms. The van der Waals surface area contributed by atoms with Gasteiger partial charge in [-0.15, -0.1) is 0 Å². The Morgan fingerprint density at radius 2 is 2.04 bits per heavy atom. The molecule has 3 rings (SSSR count). The van der Waals surface area contributed by atoms with Gasteiger partial charge in [0.05, 0.1) is 10.6 Å². The highest BCUT2D eigenvalue weighted by Crippen LogP contribution is 2.33. The van der Waals surface area contributed by atoms with Gasteiger partial charge in [0.1, 0.15) is 0 Å². The Hall–Kier alpha value is -1.63. The zero-order valence-electron chi connectivity index (χ0n) is 14.6. The number of nitrogens with one attached hydrogen (secondary N) is 2. The molecule has 0 radical (unpaired) electrons. The van der Waals surface area contributed by atoms with Crippen LogP contribution in [0.5, 0.6) is 0 Å². The first-order valence-corrected chi connectivity index (χ1v) is 10.1. The molecule has 1 aliphatic heterocycles. The lowest BCUT2D eigenvalue weighted by Gasteiger charge is -2.15. The summed E-state index contributed by atoms with van der Waals surface area (Å²) in [4.78, 5) is 15.0. The van der Waals surface area contributed by atoms with Crippen LogP contribution >= 0.6 is 39.3 Å². The van der Waals surface area contributed by atoms with E-state index in [0.29, 0.717) is 9.93 Å². The normalized spacial score (nSPS) is 18.1. The molecule has 2 N–H and O–H groups in total. The molecule has 136 valence electrons. The summed E-state index contributed by atoms with van der Waals surface area (Å²) in [6.07, 6.45) is 1.90. The fraction of sp³-hybridized carbons (Fsp3) is 0.211. The van der Waals surface area contributed by atoms with Gasteiger partial charge in [-0.2, -0.15) is 0 Å². The van der Waals surface area contributed by atoms with E-state index in [9.17, 15) is 4.79 Å². The number of hydrogen-bond donors (Lipinski definition) is 2. The quantitative estimate of drug-likeness (QED) is 0.635. The number of benzene rings is 2. The van der Waals surface area contributed by atoms with Crippen molar-refractivity contribution >= 4 is 62.7 Å². The molecule has 0 aromatic heterocycles. The predicted molar refractivity (Wildman–Crippen MR) is 116 cm³/mol. The van der Waals surface area contributed by atoms with Crippen LogP contribution in [0.2, 0.25) is 5.02 Å². The maximum absolute atomic E-state index is 12.3. The third-order valence-electron chi connectivity index (χ3n) is 3.96. The summed E-state index contributed by atoms with van der Waals surface area (Å²) in [6.45, 7) is 1.98. The molecule has 0 bridgehead atoms. The molecule has 0 spiro atoms. The summed E-state index contributed by atoms with van der Waals surface area (Å²) in [5, 5.41) is 6.98. The van der Waals surface area contributed by atoms with Crippen molar-refractivity contribution in [3.8, 4) is 0 Å². The van der Waals surface area contributed by atoms with E-state index in [2.05, 4.69) is 26.6 Å². The van der Waals surface area contributed by atoms with Gasteiger partial charge >= 0.3 is 0 Å². The van der Waals surface area contributed by atoms with Gasteiger partial charge in [-0.25, -0.2) is 0 Å². The van der Waals surface area contributed by atoms with Gasteiger partial charge in [0.25, 0.3) is 5.91 Å². The average Bonchev–Trinajstić information content (AvgIpc) is 2.89. The van der Waals surface area contributed by atoms with Crippen LogP contribution in [0.3, 0.4) is 0 Å². The molecule has 1 amide bonds. The first-order chi connectivity index (χ1) is 12.3. The number of rotatable bonds is 4. The van der Waals surface area contributed by atoms with E-state index < -0.39 is 0 Å². The first kappa shape index (κ1) is 19.1. The molecule has 1 unspecified atom stereocenters. The Morgan fingerprint density at radius 3 is 2.69 bits per heavy atom. The number of carbonyl (C=O) groups is 1. The van der Waals surface area contributed by atoms with Gasteiger partial charge in [-0.3, -0.25) is 4.79 Å². The summed E-state index contributed by atoms with van der Waals surface area (Å²) in [5.74, 6) is -0.0769. The Labute approximate surface area is 171 Å². The predicted octanol–water partition coefficient (Wildman–Crippen LogP) is 5.08. The minimum Gasteiger partial charge on any atom is -0.377 e. The van der Waals surface area contributed by atoms with Crippen molar-refractivity contribution in [2.45, 2.75) is 12.4 Å². The molecular weight excluding hydrogens is 434 g/mol. The summed E-state index contributed by atoms with van der Waals surface area (Å²) in [7, 11) is 3.99. The number of anilines is 2. The van der Waals surface area contributed by atoms with Crippen LogP contribution in [0.25, 0.3) is 6.08 Å². The largest absolute Gasteiger partial charge is 0.377 e. The molecule has 1 atom stereocenters. The highest BCUT2D eigenvalue weighted by Gasteiger charge is 2.27. The van der Waals surface area contributed by atoms with E-state index in [0.717, 1.165) is 27.0 Å². The Kier molecular flexibility index (Phi) is 5.85. The van der Waals surface area contributed by atoms with Crippen LogP contribution in [0.4, 0.5) is 11.4 Å². The number of aryl methyl sites for hydroxylation is 1. The lowest BCUT2D eigenvalue weighted by Crippen LogP contribution is -2.31. The Morgan fingerprint density at radius 1 is 1.27 bits per heavy atom. The van der Waals surface area contributed by atoms with Gasteiger partial charge in [0.15, 0.2) is 5.50 Å². The molecule has 2 aromatic rings. The van der Waals surface area contributed by atoms with Crippen LogP contribution in [0.15, 0.2) is 45.8 Å². The summed E-state index contributed by atoms with van der Waals surface area (Å²) in [6, 6.07) is 11.7. The van der Waals surface area contributed by atoms with Crippen molar-refractivity contribution in [1.82, 2.24) is 5.32 Å². The van der Waals surface area contributed by atoms with Crippen LogP contribution in [-0.4, -0.2) is 25.5 Å². The van der Waals surface area contributed by atoms with Gasteiger partial charge in [-0.1, -0.05) is 29.4 Å². The third kappa shape index (κ3) is 4.37. The number of carbonyl (C=O) groups excluding carboxylic acids is 1. The summed E-state index contributed by atoms with van der Waals surface area (Å²) >= 11 is 11.0. The van der Waals surface area contributed by atoms with E-state index in [4.69, 9.17) is 11.6 Å². The summed E-state index contributed by atoms with van der Waals surface area (Å²) < 4.78 is 0.992. The average molecular weight is 453 g/mol. The maximum atomic E-state index is 12.3. The van der Waals surface area contributed by atoms with Crippen LogP contribution in [0, 0.1) is 6.92 Å². The summed E-state index contributed by atoms with van der Waals surface area (Å²) in [5.41, 5.74) is 3.84. The molecule has 1 fully saturated rings. The lowest BCUT2D eigenvalue weighted by atomic mass is 10.2. The highest BCUT2D eigenvalue weighted by molar-refractivity contribution is 9.10. The van der Waals surface area contributed by atoms with E-state index in [1.165, 1.54) is 11.8 Å². The lowest BCUT2D eigenvalue weighted by molar-refractivity contribution is -0.116. The SMILES string of the molecule is Cc1cc(Cl)ccc1NC1NC(=O)/C(=C/c2ccc(N(C)C)c(Br)c2)S1. The molecule has 1 heterocycles. The number of thioether (sulfide) groups is 1. The number of amides is 1. The van der Waals surface area contributed by atoms with Gasteiger partial charge in [0.2, 0.25) is 0 Å². The molecule has 1 aliphatic rings. The van der Waals surface area contributed by atoms with E-state index in [1.807, 2.05) is 68.4 Å². The van der Waals surface area contributed by atoms with Crippen molar-refractivity contribution < 1.29 is 4.79 Å². The van der Waals surface area contributed by atoms with Crippen molar-refractivity contribution in [2.75, 3.05) is 24.3 Å². The molecular formula is C19H19BrClN3OS. The van der Waals surface area contributed by atoms with Crippen molar-refractivity contribution in [2.24, 2.45) is 0 Å². The van der Waals surface area contributed by atoms with Crippen LogP contribution < -0.4 is 15.5 Å². The first-order valence-electron chi connectivity index (χ1n) is 8.02. The van der Waals surface area contributed by atoms with Crippen molar-refractivity contribution in [3.05, 3.63) is 61.9 Å². The smallest absolute Gasteiger partial charge is 0.260 e. The monoisotopic (exact) mass is 451 g/mol. The molecule has 7 heteroatoms. The maximum Gasteiger partial charge on any atom is 0.260 e. The molecule has 0 saturated carbocycles. The zero-order chi connectivity index (χ0) is 18.8. The van der Waals surface area contributed by atoms with E-state index in [-0.39, 0.29) is 11.4 Å². The van der Waals surface area contributed by atoms with Crippen molar-refractivity contribution in [1.29, 1.82) is 0 Å². The standard InChI is InChI=1S/C19H19BrClN3OS/c1-11-8-13(21)5-6-15(11)22-19-23-18(25)17(26-19)10-12-4-7-16(24(2)3)14(20)9-12/h4-10,19,22H,1-3H3,(H,23,25)/b17-10-. The number of halogens is 2. The molecule has 2 aromatic carbocycles. The van der Waals surface area contributed by atoms with Crippen LogP contribution in [-0.2, 0) is 4.79 Å². The van der Waals surface area contributed by atoms with Crippen molar-refractivity contribution in [3.63, 3.8) is 0 Å². The number of nitrogens with zero attached hydrogens (tertiary/aromatic N) is 1. The minimum absolute atomic E-state index is 0.0769. The van der Waals surface area contributed by atoms with Gasteiger partial charge < -0.3 is 15.5 Å². The Balaban J connectivity index is 1.75. The fourth-order valence-electron chi connectivity index (χ4n) is 2.62. The minimum atomic E-state index is -0.210. The molecule has 0 aliphatic carbocycles. The van der Waals surface area contributed by atoms with Gasteiger partial charge in [0, 0.05) is 29.3 Å². The topological polar surface area (TPSA) is 44.4 Å². The number of hydrogen-bond acceptors (Lipinski definition) is 4.